The first-order chi connectivity index (χ1) is 41.2. The molecule has 0 bridgehead atoms. The largest absolute Gasteiger partial charge is 0.508 e. The summed E-state index contributed by atoms with van der Waals surface area (Å²) in [6, 6.07) is 0.609. The zero-order valence-electron chi connectivity index (χ0n) is 51.2. The monoisotopic (exact) mass is 1220 g/mol. The first-order valence-corrected chi connectivity index (χ1v) is 30.0. The van der Waals surface area contributed by atoms with Gasteiger partial charge in [0.15, 0.2) is 0 Å². The van der Waals surface area contributed by atoms with Crippen LogP contribution in [-0.2, 0) is 65.6 Å². The van der Waals surface area contributed by atoms with E-state index in [4.69, 9.17) is 17.2 Å². The fourth-order valence-corrected chi connectivity index (χ4v) is 9.15. The van der Waals surface area contributed by atoms with Crippen LogP contribution in [0.25, 0.3) is 0 Å². The standard InChI is InChI=1S/C60H96N12O15/c1-8-17-43(60(86)87)66-58(84)49(35(5)6)71-56(82)46(32-38-22-24-39(74)25-23-38)68-55(81)45(31-37-18-11-10-12-19-37)69-59(85)50(36(7)9-2)72-53(79)41(21-14-16-29-62)64-52(78)42(26-27-48(75)76)65-57(83)47(33-73)70-54(80)44(30-34(3)4)67-51(77)40(63)20-13-15-28-61/h10-12,18-19,22-25,34-36,40-47,49-50,73-74H,8-9,13-17,20-21,26-33,61-63H2,1-7H3,(H,64,78)(H,65,83)(H,66,84)(H,67,77)(H,68,81)(H,69,85)(H,70,80)(H,71,82)(H,72,79)(H,75,76)(H,86,87)/t36-,40-,41-,42-,43-,44-,45-,46-,47-,49-,50-/m0/s1. The fourth-order valence-electron chi connectivity index (χ4n) is 9.15. The molecule has 2 aromatic rings. The Hall–Kier alpha value is -7.75. The average molecular weight is 1230 g/mol. The molecule has 2 rings (SSSR count). The van der Waals surface area contributed by atoms with Crippen molar-refractivity contribution in [3.63, 3.8) is 0 Å². The lowest BCUT2D eigenvalue weighted by atomic mass is 9.96. The predicted octanol–water partition coefficient (Wildman–Crippen LogP) is -0.384. The van der Waals surface area contributed by atoms with Gasteiger partial charge >= 0.3 is 11.9 Å². The molecule has 2 aromatic carbocycles. The number of carbonyl (C=O) groups is 11. The van der Waals surface area contributed by atoms with E-state index in [9.17, 15) is 73.2 Å². The molecule has 0 unspecified atom stereocenters. The molecule has 11 atom stereocenters. The first-order valence-electron chi connectivity index (χ1n) is 30.0. The van der Waals surface area contributed by atoms with Crippen molar-refractivity contribution in [3.8, 4) is 5.75 Å². The highest BCUT2D eigenvalue weighted by Gasteiger charge is 2.37. The molecule has 0 aromatic heterocycles. The first kappa shape index (κ1) is 75.3. The van der Waals surface area contributed by atoms with E-state index in [1.54, 1.807) is 78.8 Å². The number of unbranched alkanes of at least 4 members (excludes halogenated alkanes) is 2. The number of amides is 9. The van der Waals surface area contributed by atoms with E-state index in [1.807, 2.05) is 0 Å². The lowest BCUT2D eigenvalue weighted by Crippen LogP contribution is -2.62. The number of carboxylic acids is 2. The van der Waals surface area contributed by atoms with E-state index < -0.39 is 157 Å². The summed E-state index contributed by atoms with van der Waals surface area (Å²) in [5.41, 5.74) is 18.5. The summed E-state index contributed by atoms with van der Waals surface area (Å²) in [6.07, 6.45) is 1.51. The topological polar surface area (TPSA) is 455 Å². The molecule has 87 heavy (non-hydrogen) atoms. The summed E-state index contributed by atoms with van der Waals surface area (Å²) in [4.78, 5) is 150. The highest BCUT2D eigenvalue weighted by atomic mass is 16.4. The number of aliphatic hydroxyl groups excluding tert-OH is 1. The molecule has 27 nitrogen and oxygen atoms in total. The molecule has 0 radical (unpaired) electrons. The van der Waals surface area contributed by atoms with Gasteiger partial charge in [-0.2, -0.15) is 0 Å². The second kappa shape index (κ2) is 39.8. The number of aromatic hydroxyl groups is 1. The van der Waals surface area contributed by atoms with Crippen LogP contribution in [-0.4, -0.2) is 166 Å². The van der Waals surface area contributed by atoms with Crippen molar-refractivity contribution >= 4 is 65.1 Å². The third-order valence-electron chi connectivity index (χ3n) is 14.5. The minimum Gasteiger partial charge on any atom is -0.508 e. The van der Waals surface area contributed by atoms with Gasteiger partial charge in [0.2, 0.25) is 53.2 Å². The zero-order valence-corrected chi connectivity index (χ0v) is 51.2. The molecular weight excluding hydrogens is 1130 g/mol. The van der Waals surface area contributed by atoms with E-state index >= 15 is 0 Å². The molecule has 0 aliphatic heterocycles. The lowest BCUT2D eigenvalue weighted by Gasteiger charge is -2.30. The number of aliphatic carboxylic acids is 2. The summed E-state index contributed by atoms with van der Waals surface area (Å²) in [7, 11) is 0. The molecule has 0 saturated heterocycles. The van der Waals surface area contributed by atoms with Crippen LogP contribution < -0.4 is 65.1 Å². The number of phenolic OH excluding ortho intramolecular Hbond substituents is 1. The van der Waals surface area contributed by atoms with Crippen LogP contribution in [0.4, 0.5) is 0 Å². The smallest absolute Gasteiger partial charge is 0.326 e. The zero-order chi connectivity index (χ0) is 65.3. The Morgan fingerprint density at radius 3 is 1.43 bits per heavy atom. The number of nitrogens with one attached hydrogen (secondary N) is 9. The number of benzene rings is 2. The number of hydrogen-bond donors (Lipinski definition) is 16. The number of carbonyl (C=O) groups excluding carboxylic acids is 9. The summed E-state index contributed by atoms with van der Waals surface area (Å²) in [5.74, 6) is -11.9. The second-order valence-corrected chi connectivity index (χ2v) is 22.6. The number of phenols is 1. The van der Waals surface area contributed by atoms with Gasteiger partial charge in [-0.05, 0) is 105 Å². The lowest BCUT2D eigenvalue weighted by molar-refractivity contribution is -0.143. The Morgan fingerprint density at radius 2 is 0.908 bits per heavy atom. The van der Waals surface area contributed by atoms with Crippen molar-refractivity contribution in [2.75, 3.05) is 19.7 Å². The SMILES string of the molecule is CCC[C@H](NC(=O)[C@@H](NC(=O)[C@H](Cc1ccc(O)cc1)NC(=O)[C@H](Cc1ccccc1)NC(=O)[C@@H](NC(=O)[C@H](CCCCN)NC(=O)[C@H](CCC(=O)O)NC(=O)[C@H](CO)NC(=O)[C@H](CC(C)C)NC(=O)[C@@H](N)CCCCN)[C@@H](C)CC)C(C)C)C(=O)O. The maximum Gasteiger partial charge on any atom is 0.326 e. The van der Waals surface area contributed by atoms with Gasteiger partial charge < -0.3 is 85.5 Å². The maximum absolute atomic E-state index is 14.7. The number of aliphatic hydroxyl groups is 1. The molecule has 0 saturated carbocycles. The van der Waals surface area contributed by atoms with Gasteiger partial charge in [0.25, 0.3) is 0 Å². The molecule has 0 spiro atoms. The summed E-state index contributed by atoms with van der Waals surface area (Å²) < 4.78 is 0. The summed E-state index contributed by atoms with van der Waals surface area (Å²) in [6.45, 7) is 11.6. The quantitative estimate of drug-likeness (QED) is 0.0377. The van der Waals surface area contributed by atoms with E-state index in [1.165, 1.54) is 24.3 Å². The second-order valence-electron chi connectivity index (χ2n) is 22.6. The number of nitrogens with two attached hydrogens (primary N) is 3. The molecule has 0 aliphatic carbocycles. The number of carboxylic acid groups (broad SMARTS) is 2. The van der Waals surface area contributed by atoms with Crippen LogP contribution in [0.1, 0.15) is 137 Å². The highest BCUT2D eigenvalue weighted by molar-refractivity contribution is 5.99. The molecule has 0 aliphatic rings. The molecule has 27 heteroatoms. The molecule has 19 N–H and O–H groups in total. The van der Waals surface area contributed by atoms with Crippen molar-refractivity contribution in [3.05, 3.63) is 65.7 Å². The molecule has 0 heterocycles. The van der Waals surface area contributed by atoms with Gasteiger partial charge in [0.05, 0.1) is 12.6 Å². The van der Waals surface area contributed by atoms with Crippen molar-refractivity contribution in [1.82, 2.24) is 47.9 Å². The van der Waals surface area contributed by atoms with Gasteiger partial charge in [-0.15, -0.1) is 0 Å². The normalized spacial score (nSPS) is 15.0. The fraction of sp³-hybridized carbons (Fsp3) is 0.617. The summed E-state index contributed by atoms with van der Waals surface area (Å²) >= 11 is 0. The van der Waals surface area contributed by atoms with Crippen molar-refractivity contribution in [2.24, 2.45) is 35.0 Å². The molecule has 9 amide bonds. The van der Waals surface area contributed by atoms with Crippen molar-refractivity contribution in [2.45, 2.75) is 199 Å². The third-order valence-corrected chi connectivity index (χ3v) is 14.5. The minimum atomic E-state index is -1.71. The van der Waals surface area contributed by atoms with E-state index in [-0.39, 0.29) is 56.7 Å². The van der Waals surface area contributed by atoms with Crippen molar-refractivity contribution in [1.29, 1.82) is 0 Å². The van der Waals surface area contributed by atoms with Gasteiger partial charge in [-0.25, -0.2) is 4.79 Å². The van der Waals surface area contributed by atoms with Crippen LogP contribution >= 0.6 is 0 Å². The molecule has 0 fully saturated rings. The molecular formula is C60H96N12O15. The van der Waals surface area contributed by atoms with Gasteiger partial charge in [-0.1, -0.05) is 110 Å². The van der Waals surface area contributed by atoms with Gasteiger partial charge in [0.1, 0.15) is 60.1 Å². The van der Waals surface area contributed by atoms with Crippen LogP contribution in [0, 0.1) is 17.8 Å². The van der Waals surface area contributed by atoms with E-state index in [0.29, 0.717) is 56.2 Å². The predicted molar refractivity (Wildman–Crippen MR) is 323 cm³/mol. The van der Waals surface area contributed by atoms with Crippen LogP contribution in [0.15, 0.2) is 54.6 Å². The van der Waals surface area contributed by atoms with Crippen LogP contribution in [0.5, 0.6) is 5.75 Å². The Morgan fingerprint density at radius 1 is 0.471 bits per heavy atom. The Bertz CT molecular complexity index is 2540. The van der Waals surface area contributed by atoms with Crippen LogP contribution in [0.2, 0.25) is 0 Å². The maximum atomic E-state index is 14.7. The summed E-state index contributed by atoms with van der Waals surface area (Å²) in [5, 5.41) is 63.1. The Balaban J connectivity index is 2.54. The van der Waals surface area contributed by atoms with Crippen molar-refractivity contribution < 1.29 is 73.2 Å². The van der Waals surface area contributed by atoms with Crippen LogP contribution in [0.3, 0.4) is 0 Å². The minimum absolute atomic E-state index is 0.0695. The average Bonchev–Trinajstić information content (AvgIpc) is 3.68. The third kappa shape index (κ3) is 27.7. The van der Waals surface area contributed by atoms with E-state index in [0.717, 1.165) is 0 Å². The van der Waals surface area contributed by atoms with Gasteiger partial charge in [0, 0.05) is 19.3 Å². The van der Waals surface area contributed by atoms with Gasteiger partial charge in [-0.3, -0.25) is 47.9 Å². The Labute approximate surface area is 509 Å². The number of rotatable bonds is 42. The molecule has 486 valence electrons. The van der Waals surface area contributed by atoms with E-state index in [2.05, 4.69) is 47.9 Å². The Kier molecular flexibility index (Phi) is 34.5. The number of hydrogen-bond acceptors (Lipinski definition) is 16. The highest BCUT2D eigenvalue weighted by Crippen LogP contribution is 2.16.